The maximum atomic E-state index is 8.97. The zero-order chi connectivity index (χ0) is 9.14. The molecule has 0 bridgehead atoms. The highest BCUT2D eigenvalue weighted by Gasteiger charge is 2.25. The van der Waals surface area contributed by atoms with Crippen molar-refractivity contribution in [1.82, 2.24) is 10.6 Å². The summed E-state index contributed by atoms with van der Waals surface area (Å²) < 4.78 is 0. The Morgan fingerprint density at radius 1 is 1.00 bits per heavy atom. The van der Waals surface area contributed by atoms with Crippen molar-refractivity contribution >= 4 is 0 Å². The summed E-state index contributed by atoms with van der Waals surface area (Å²) in [5.41, 5.74) is -0.148. The van der Waals surface area contributed by atoms with E-state index in [1.807, 2.05) is 0 Å². The lowest BCUT2D eigenvalue weighted by Crippen LogP contribution is -2.52. The van der Waals surface area contributed by atoms with Gasteiger partial charge in [0.05, 0.1) is 0 Å². The standard InChI is InChI=1S/C6H6N4O2/c7-1-3-4(2-8)10-6(12)5(11)9-3/h5-6,9-12H. The van der Waals surface area contributed by atoms with E-state index in [0.717, 1.165) is 0 Å². The summed E-state index contributed by atoms with van der Waals surface area (Å²) in [6.45, 7) is 0. The Hall–Kier alpha value is -1.76. The number of hydrogen-bond acceptors (Lipinski definition) is 6. The molecule has 2 atom stereocenters. The van der Waals surface area contributed by atoms with Crippen molar-refractivity contribution in [2.45, 2.75) is 12.5 Å². The lowest BCUT2D eigenvalue weighted by molar-refractivity contribution is -0.0153. The van der Waals surface area contributed by atoms with E-state index in [1.54, 1.807) is 12.1 Å². The Kier molecular flexibility index (Phi) is 2.15. The molecular weight excluding hydrogens is 160 g/mol. The predicted octanol–water partition coefficient (Wildman–Crippen LogP) is -1.93. The molecule has 1 aliphatic heterocycles. The minimum absolute atomic E-state index is 0.0738. The summed E-state index contributed by atoms with van der Waals surface area (Å²) in [5.74, 6) is 0. The van der Waals surface area contributed by atoms with E-state index in [0.29, 0.717) is 0 Å². The predicted molar refractivity (Wildman–Crippen MR) is 36.5 cm³/mol. The zero-order valence-electron chi connectivity index (χ0n) is 5.94. The van der Waals surface area contributed by atoms with E-state index in [-0.39, 0.29) is 11.4 Å². The van der Waals surface area contributed by atoms with Crippen LogP contribution in [0.25, 0.3) is 0 Å². The molecule has 0 spiro atoms. The Bertz CT molecular complexity index is 268. The second kappa shape index (κ2) is 3.09. The molecule has 0 aliphatic carbocycles. The van der Waals surface area contributed by atoms with Crippen molar-refractivity contribution in [3.8, 4) is 12.1 Å². The minimum Gasteiger partial charge on any atom is -0.369 e. The Morgan fingerprint density at radius 3 is 1.58 bits per heavy atom. The number of aliphatic hydroxyl groups excluding tert-OH is 2. The molecule has 0 aromatic heterocycles. The molecule has 6 nitrogen and oxygen atoms in total. The van der Waals surface area contributed by atoms with Gasteiger partial charge in [-0.15, -0.1) is 0 Å². The molecule has 12 heavy (non-hydrogen) atoms. The zero-order valence-corrected chi connectivity index (χ0v) is 5.94. The molecule has 0 radical (unpaired) electrons. The first-order chi connectivity index (χ1) is 5.69. The molecule has 6 heteroatoms. The molecule has 1 heterocycles. The van der Waals surface area contributed by atoms with Crippen LogP contribution in [0.3, 0.4) is 0 Å². The van der Waals surface area contributed by atoms with Gasteiger partial charge in [0.25, 0.3) is 0 Å². The van der Waals surface area contributed by atoms with Gasteiger partial charge in [-0.2, -0.15) is 10.5 Å². The van der Waals surface area contributed by atoms with Crippen LogP contribution in [0.4, 0.5) is 0 Å². The van der Waals surface area contributed by atoms with Crippen LogP contribution in [0, 0.1) is 22.7 Å². The molecule has 4 N–H and O–H groups in total. The molecule has 1 rings (SSSR count). The molecule has 0 aromatic rings. The largest absolute Gasteiger partial charge is 0.369 e. The fourth-order valence-electron chi connectivity index (χ4n) is 0.774. The van der Waals surface area contributed by atoms with Crippen molar-refractivity contribution in [2.24, 2.45) is 0 Å². The van der Waals surface area contributed by atoms with E-state index in [4.69, 9.17) is 20.7 Å². The van der Waals surface area contributed by atoms with Crippen molar-refractivity contribution in [3.63, 3.8) is 0 Å². The highest BCUT2D eigenvalue weighted by Crippen LogP contribution is 2.05. The van der Waals surface area contributed by atoms with Gasteiger partial charge in [0.2, 0.25) is 0 Å². The van der Waals surface area contributed by atoms with Gasteiger partial charge in [0, 0.05) is 0 Å². The van der Waals surface area contributed by atoms with Crippen LogP contribution in [-0.2, 0) is 0 Å². The van der Waals surface area contributed by atoms with Crippen molar-refractivity contribution in [1.29, 1.82) is 10.5 Å². The summed E-state index contributed by atoms with van der Waals surface area (Å²) in [7, 11) is 0. The molecule has 0 fully saturated rings. The van der Waals surface area contributed by atoms with Gasteiger partial charge in [-0.25, -0.2) is 0 Å². The third kappa shape index (κ3) is 1.30. The molecule has 0 amide bonds. The van der Waals surface area contributed by atoms with Crippen molar-refractivity contribution < 1.29 is 10.2 Å². The molecule has 0 saturated carbocycles. The van der Waals surface area contributed by atoms with E-state index < -0.39 is 12.5 Å². The van der Waals surface area contributed by atoms with Crippen molar-refractivity contribution in [3.05, 3.63) is 11.4 Å². The van der Waals surface area contributed by atoms with Gasteiger partial charge in [-0.05, 0) is 0 Å². The highest BCUT2D eigenvalue weighted by atomic mass is 16.4. The fraction of sp³-hybridized carbons (Fsp3) is 0.333. The lowest BCUT2D eigenvalue weighted by atomic mass is 10.2. The molecule has 62 valence electrons. The van der Waals surface area contributed by atoms with Crippen LogP contribution >= 0.6 is 0 Å². The van der Waals surface area contributed by atoms with Gasteiger partial charge in [-0.1, -0.05) is 0 Å². The van der Waals surface area contributed by atoms with E-state index >= 15 is 0 Å². The van der Waals surface area contributed by atoms with Crippen molar-refractivity contribution in [2.75, 3.05) is 0 Å². The minimum atomic E-state index is -1.27. The smallest absolute Gasteiger partial charge is 0.170 e. The number of nitriles is 2. The summed E-state index contributed by atoms with van der Waals surface area (Å²) in [4.78, 5) is 0. The average Bonchev–Trinajstić information content (AvgIpc) is 2.09. The van der Waals surface area contributed by atoms with Gasteiger partial charge >= 0.3 is 0 Å². The van der Waals surface area contributed by atoms with Gasteiger partial charge < -0.3 is 20.8 Å². The summed E-state index contributed by atoms with van der Waals surface area (Å²) in [5, 5.41) is 39.3. The first-order valence-corrected chi connectivity index (χ1v) is 3.12. The van der Waals surface area contributed by atoms with Gasteiger partial charge in [0.15, 0.2) is 12.5 Å². The Balaban J connectivity index is 2.94. The maximum Gasteiger partial charge on any atom is 0.170 e. The number of nitrogens with zero attached hydrogens (tertiary/aromatic N) is 2. The third-order valence-electron chi connectivity index (χ3n) is 1.36. The van der Waals surface area contributed by atoms with Crippen LogP contribution in [-0.4, -0.2) is 22.7 Å². The lowest BCUT2D eigenvalue weighted by Gasteiger charge is -2.26. The highest BCUT2D eigenvalue weighted by molar-refractivity contribution is 5.36. The number of nitrogens with one attached hydrogen (secondary N) is 2. The van der Waals surface area contributed by atoms with Gasteiger partial charge in [-0.3, -0.25) is 0 Å². The molecule has 2 unspecified atom stereocenters. The summed E-state index contributed by atoms with van der Waals surface area (Å²) in [6, 6.07) is 3.34. The molecular formula is C6H6N4O2. The number of allylic oxidation sites excluding steroid dienone is 2. The fourth-order valence-corrected chi connectivity index (χ4v) is 0.774. The van der Waals surface area contributed by atoms with Crippen LogP contribution < -0.4 is 10.6 Å². The number of rotatable bonds is 0. The first-order valence-electron chi connectivity index (χ1n) is 3.12. The SMILES string of the molecule is N#CC1=C(C#N)NC(O)C(O)N1. The van der Waals surface area contributed by atoms with E-state index in [2.05, 4.69) is 10.6 Å². The second-order valence-corrected chi connectivity index (χ2v) is 2.15. The van der Waals surface area contributed by atoms with Crippen LogP contribution in [0.2, 0.25) is 0 Å². The topological polar surface area (TPSA) is 112 Å². The Labute approximate surface area is 68.3 Å². The molecule has 0 aromatic carbocycles. The van der Waals surface area contributed by atoms with Crippen LogP contribution in [0.15, 0.2) is 11.4 Å². The first kappa shape index (κ1) is 8.34. The normalized spacial score (nSPS) is 28.0. The number of aliphatic hydroxyl groups is 2. The van der Waals surface area contributed by atoms with Crippen LogP contribution in [0.5, 0.6) is 0 Å². The van der Waals surface area contributed by atoms with E-state index in [9.17, 15) is 0 Å². The maximum absolute atomic E-state index is 8.97. The summed E-state index contributed by atoms with van der Waals surface area (Å²) >= 11 is 0. The summed E-state index contributed by atoms with van der Waals surface area (Å²) in [6.07, 6.45) is -2.53. The molecule has 0 saturated heterocycles. The van der Waals surface area contributed by atoms with Crippen LogP contribution in [0.1, 0.15) is 0 Å². The quantitative estimate of drug-likeness (QED) is 0.333. The Morgan fingerprint density at radius 2 is 1.33 bits per heavy atom. The third-order valence-corrected chi connectivity index (χ3v) is 1.36. The number of hydrogen-bond donors (Lipinski definition) is 4. The van der Waals surface area contributed by atoms with Gasteiger partial charge in [0.1, 0.15) is 23.5 Å². The van der Waals surface area contributed by atoms with E-state index in [1.165, 1.54) is 0 Å². The average molecular weight is 166 g/mol. The second-order valence-electron chi connectivity index (χ2n) is 2.15. The monoisotopic (exact) mass is 166 g/mol. The molecule has 1 aliphatic rings.